The number of nitrogens with one attached hydrogen (secondary N) is 2. The predicted molar refractivity (Wildman–Crippen MR) is 138 cm³/mol. The Kier molecular flexibility index (Phi) is 7.35. The Hall–Kier alpha value is -4.83. The summed E-state index contributed by atoms with van der Waals surface area (Å²) >= 11 is 6.28. The smallest absolute Gasteiger partial charge is 0.283 e. The number of methoxy groups -OCH3 is 2. The molecule has 3 aromatic carbocycles. The predicted octanol–water partition coefficient (Wildman–Crippen LogP) is 3.06. The van der Waals surface area contributed by atoms with Gasteiger partial charge in [0.2, 0.25) is 0 Å². The maximum absolute atomic E-state index is 13.3. The molecular formula is C27H21ClN3O7-. The number of carbonyl (C=O) groups is 4. The van der Waals surface area contributed by atoms with Gasteiger partial charge in [-0.25, -0.2) is 4.90 Å². The summed E-state index contributed by atoms with van der Waals surface area (Å²) in [5.74, 6) is -2.54. The van der Waals surface area contributed by atoms with Crippen molar-refractivity contribution in [2.45, 2.75) is 6.92 Å². The highest BCUT2D eigenvalue weighted by Gasteiger charge is 2.40. The largest absolute Gasteiger partial charge is 0.545 e. The Morgan fingerprint density at radius 3 is 2.21 bits per heavy atom. The van der Waals surface area contributed by atoms with E-state index >= 15 is 0 Å². The number of carboxylic acid groups (broad SMARTS) is 1. The van der Waals surface area contributed by atoms with Crippen LogP contribution in [0.3, 0.4) is 0 Å². The zero-order valence-corrected chi connectivity index (χ0v) is 21.2. The highest BCUT2D eigenvalue weighted by Crippen LogP contribution is 2.38. The molecule has 0 aromatic heterocycles. The number of benzene rings is 3. The highest BCUT2D eigenvalue weighted by atomic mass is 35.5. The highest BCUT2D eigenvalue weighted by molar-refractivity contribution is 6.53. The number of halogens is 1. The van der Waals surface area contributed by atoms with Crippen LogP contribution in [0.25, 0.3) is 0 Å². The van der Waals surface area contributed by atoms with Crippen LogP contribution in [0.2, 0.25) is 0 Å². The number of aryl methyl sites for hydroxylation is 1. The first-order chi connectivity index (χ1) is 18.1. The molecule has 1 aliphatic rings. The van der Waals surface area contributed by atoms with Crippen molar-refractivity contribution in [3.63, 3.8) is 0 Å². The fourth-order valence-electron chi connectivity index (χ4n) is 3.73. The first kappa shape index (κ1) is 26.2. The summed E-state index contributed by atoms with van der Waals surface area (Å²) < 4.78 is 10.5. The van der Waals surface area contributed by atoms with Crippen LogP contribution in [-0.4, -0.2) is 37.9 Å². The van der Waals surface area contributed by atoms with E-state index in [0.29, 0.717) is 22.7 Å². The third-order valence-corrected chi connectivity index (χ3v) is 6.14. The molecule has 4 rings (SSSR count). The number of amides is 3. The van der Waals surface area contributed by atoms with E-state index in [1.807, 2.05) is 0 Å². The molecule has 194 valence electrons. The lowest BCUT2D eigenvalue weighted by atomic mass is 10.1. The van der Waals surface area contributed by atoms with Gasteiger partial charge in [-0.05, 0) is 54.4 Å². The molecule has 0 bridgehead atoms. The molecule has 3 amide bonds. The van der Waals surface area contributed by atoms with Crippen LogP contribution in [0.15, 0.2) is 71.4 Å². The summed E-state index contributed by atoms with van der Waals surface area (Å²) in [6.07, 6.45) is 0. The molecule has 0 radical (unpaired) electrons. The van der Waals surface area contributed by atoms with Crippen molar-refractivity contribution in [2.75, 3.05) is 29.8 Å². The SMILES string of the molecule is COc1ccc(N2C(=O)C(Cl)=C(Nc3cc(C(=O)Nc4ccc(C(=O)[O-])cc4)ccc3C)C2=O)c(OC)c1. The van der Waals surface area contributed by atoms with Crippen LogP contribution in [0, 0.1) is 6.92 Å². The summed E-state index contributed by atoms with van der Waals surface area (Å²) in [7, 11) is 2.87. The molecule has 0 saturated carbocycles. The molecule has 0 unspecified atom stereocenters. The Bertz CT molecular complexity index is 1500. The Balaban J connectivity index is 1.57. The zero-order chi connectivity index (χ0) is 27.6. The van der Waals surface area contributed by atoms with Crippen molar-refractivity contribution < 1.29 is 33.8 Å². The number of imide groups is 1. The molecule has 0 spiro atoms. The monoisotopic (exact) mass is 534 g/mol. The number of hydrogen-bond acceptors (Lipinski definition) is 8. The minimum Gasteiger partial charge on any atom is -0.545 e. The quantitative estimate of drug-likeness (QED) is 0.421. The van der Waals surface area contributed by atoms with Gasteiger partial charge >= 0.3 is 0 Å². The number of anilines is 3. The van der Waals surface area contributed by atoms with Gasteiger partial charge in [-0.2, -0.15) is 0 Å². The molecule has 1 aliphatic heterocycles. The summed E-state index contributed by atoms with van der Waals surface area (Å²) in [5.41, 5.74) is 1.68. The lowest BCUT2D eigenvalue weighted by Crippen LogP contribution is -2.32. The van der Waals surface area contributed by atoms with Gasteiger partial charge in [0, 0.05) is 23.0 Å². The molecule has 0 saturated heterocycles. The van der Waals surface area contributed by atoms with E-state index in [1.165, 1.54) is 56.7 Å². The van der Waals surface area contributed by atoms with E-state index in [4.69, 9.17) is 21.1 Å². The van der Waals surface area contributed by atoms with Gasteiger partial charge < -0.3 is 30.0 Å². The number of aromatic carboxylic acids is 1. The van der Waals surface area contributed by atoms with Crippen LogP contribution in [0.5, 0.6) is 11.5 Å². The molecule has 1 heterocycles. The van der Waals surface area contributed by atoms with Gasteiger partial charge in [0.15, 0.2) is 0 Å². The second-order valence-corrected chi connectivity index (χ2v) is 8.52. The van der Waals surface area contributed by atoms with Crippen molar-refractivity contribution in [1.82, 2.24) is 0 Å². The third kappa shape index (κ3) is 5.02. The van der Waals surface area contributed by atoms with Crippen molar-refractivity contribution in [2.24, 2.45) is 0 Å². The molecule has 10 nitrogen and oxygen atoms in total. The zero-order valence-electron chi connectivity index (χ0n) is 20.5. The van der Waals surface area contributed by atoms with E-state index < -0.39 is 23.7 Å². The third-order valence-electron chi connectivity index (χ3n) is 5.79. The molecule has 11 heteroatoms. The average molecular weight is 535 g/mol. The fourth-order valence-corrected chi connectivity index (χ4v) is 3.94. The van der Waals surface area contributed by atoms with Crippen LogP contribution >= 0.6 is 11.6 Å². The van der Waals surface area contributed by atoms with Crippen molar-refractivity contribution >= 4 is 52.4 Å². The Morgan fingerprint density at radius 1 is 0.895 bits per heavy atom. The number of hydrogen-bond donors (Lipinski definition) is 2. The van der Waals surface area contributed by atoms with Crippen LogP contribution in [0.1, 0.15) is 26.3 Å². The minimum absolute atomic E-state index is 0.0212. The molecular weight excluding hydrogens is 514 g/mol. The number of carboxylic acids is 1. The number of rotatable bonds is 8. The fraction of sp³-hybridized carbons (Fsp3) is 0.111. The Morgan fingerprint density at radius 2 is 1.58 bits per heavy atom. The maximum atomic E-state index is 13.3. The summed E-state index contributed by atoms with van der Waals surface area (Å²) in [4.78, 5) is 50.9. The summed E-state index contributed by atoms with van der Waals surface area (Å²) in [6, 6.07) is 14.9. The van der Waals surface area contributed by atoms with Crippen LogP contribution in [-0.2, 0) is 9.59 Å². The molecule has 3 aromatic rings. The molecule has 0 atom stereocenters. The average Bonchev–Trinajstić information content (AvgIpc) is 3.12. The molecule has 38 heavy (non-hydrogen) atoms. The summed E-state index contributed by atoms with van der Waals surface area (Å²) in [5, 5.41) is 16.2. The van der Waals surface area contributed by atoms with Crippen molar-refractivity contribution in [3.8, 4) is 11.5 Å². The Labute approximate surface area is 222 Å². The first-order valence-electron chi connectivity index (χ1n) is 11.2. The van der Waals surface area contributed by atoms with E-state index in [-0.39, 0.29) is 33.3 Å². The van der Waals surface area contributed by atoms with E-state index in [2.05, 4.69) is 10.6 Å². The number of nitrogens with zero attached hydrogens (tertiary/aromatic N) is 1. The van der Waals surface area contributed by atoms with Gasteiger partial charge in [-0.1, -0.05) is 29.8 Å². The maximum Gasteiger partial charge on any atom is 0.283 e. The molecule has 0 aliphatic carbocycles. The lowest BCUT2D eigenvalue weighted by Gasteiger charge is -2.19. The molecule has 0 fully saturated rings. The second kappa shape index (κ2) is 10.7. The standard InChI is InChI=1S/C27H22ClN3O7/c1-14-4-5-16(24(32)29-17-8-6-15(7-9-17)27(35)36)12-19(14)30-23-22(28)25(33)31(26(23)34)20-11-10-18(37-2)13-21(20)38-3/h4-13,30H,1-3H3,(H,29,32)(H,35,36)/p-1. The van der Waals surface area contributed by atoms with Gasteiger partial charge in [-0.3, -0.25) is 14.4 Å². The number of ether oxygens (including phenoxy) is 2. The van der Waals surface area contributed by atoms with Gasteiger partial charge in [0.05, 0.1) is 25.9 Å². The number of carbonyl (C=O) groups excluding carboxylic acids is 4. The molecule has 2 N–H and O–H groups in total. The van der Waals surface area contributed by atoms with Crippen LogP contribution in [0.4, 0.5) is 17.1 Å². The van der Waals surface area contributed by atoms with E-state index in [0.717, 1.165) is 4.90 Å². The summed E-state index contributed by atoms with van der Waals surface area (Å²) in [6.45, 7) is 1.75. The van der Waals surface area contributed by atoms with Crippen LogP contribution < -0.4 is 30.1 Å². The second-order valence-electron chi connectivity index (χ2n) is 8.15. The van der Waals surface area contributed by atoms with Crippen molar-refractivity contribution in [3.05, 3.63) is 88.1 Å². The van der Waals surface area contributed by atoms with Crippen molar-refractivity contribution in [1.29, 1.82) is 0 Å². The topological polar surface area (TPSA) is 137 Å². The minimum atomic E-state index is -1.32. The van der Waals surface area contributed by atoms with Gasteiger partial charge in [0.1, 0.15) is 22.2 Å². The normalized spacial score (nSPS) is 13.0. The van der Waals surface area contributed by atoms with Gasteiger partial charge in [-0.15, -0.1) is 0 Å². The van der Waals surface area contributed by atoms with Gasteiger partial charge in [0.25, 0.3) is 17.7 Å². The van der Waals surface area contributed by atoms with E-state index in [1.54, 1.807) is 25.1 Å². The lowest BCUT2D eigenvalue weighted by molar-refractivity contribution is -0.255. The van der Waals surface area contributed by atoms with E-state index in [9.17, 15) is 24.3 Å². The first-order valence-corrected chi connectivity index (χ1v) is 11.5.